The Hall–Kier alpha value is -2.84. The minimum atomic E-state index is -0.300. The van der Waals surface area contributed by atoms with Crippen LogP contribution in [0.15, 0.2) is 59.9 Å². The highest BCUT2D eigenvalue weighted by molar-refractivity contribution is 8.00. The van der Waals surface area contributed by atoms with Crippen molar-refractivity contribution in [3.8, 4) is 17.0 Å². The van der Waals surface area contributed by atoms with Crippen LogP contribution < -0.4 is 4.74 Å². The lowest BCUT2D eigenvalue weighted by Gasteiger charge is -2.04. The van der Waals surface area contributed by atoms with Gasteiger partial charge in [0.2, 0.25) is 0 Å². The molecule has 0 aliphatic rings. The fourth-order valence-electron chi connectivity index (χ4n) is 2.64. The number of benzene rings is 2. The van der Waals surface area contributed by atoms with E-state index in [1.165, 1.54) is 41.8 Å². The molecule has 0 saturated heterocycles. The Morgan fingerprint density at radius 3 is 2.57 bits per heavy atom. The summed E-state index contributed by atoms with van der Waals surface area (Å²) in [5.41, 5.74) is 2.79. The van der Waals surface area contributed by atoms with Crippen molar-refractivity contribution in [1.29, 1.82) is 0 Å². The van der Waals surface area contributed by atoms with Crippen LogP contribution in [0.4, 0.5) is 4.39 Å². The first kappa shape index (κ1) is 18.5. The van der Waals surface area contributed by atoms with Gasteiger partial charge in [-0.2, -0.15) is 4.37 Å². The van der Waals surface area contributed by atoms with Crippen molar-refractivity contribution in [2.75, 3.05) is 12.9 Å². The van der Waals surface area contributed by atoms with E-state index >= 15 is 0 Å². The van der Waals surface area contributed by atoms with Crippen molar-refractivity contribution in [3.05, 3.63) is 66.2 Å². The van der Waals surface area contributed by atoms with Gasteiger partial charge < -0.3 is 4.74 Å². The second kappa shape index (κ2) is 8.04. The summed E-state index contributed by atoms with van der Waals surface area (Å²) < 4.78 is 23.6. The molecule has 8 heteroatoms. The number of rotatable bonds is 6. The minimum Gasteiger partial charge on any atom is -0.497 e. The van der Waals surface area contributed by atoms with E-state index in [0.717, 1.165) is 10.3 Å². The van der Waals surface area contributed by atoms with Crippen molar-refractivity contribution in [2.24, 2.45) is 0 Å². The SMILES string of the molecule is COc1ccc(C(=O)CSc2ncnc3c(-c4ccc(F)cc4)nsc23)cc1. The molecule has 28 heavy (non-hydrogen) atoms. The molecule has 2 aromatic carbocycles. The smallest absolute Gasteiger partial charge is 0.173 e. The Morgan fingerprint density at radius 1 is 1.11 bits per heavy atom. The highest BCUT2D eigenvalue weighted by atomic mass is 32.2. The van der Waals surface area contributed by atoms with Crippen LogP contribution in [0.2, 0.25) is 0 Å². The maximum atomic E-state index is 13.2. The van der Waals surface area contributed by atoms with Crippen LogP contribution in [0, 0.1) is 5.82 Å². The second-order valence-corrected chi connectivity index (χ2v) is 7.57. The topological polar surface area (TPSA) is 65.0 Å². The first-order valence-electron chi connectivity index (χ1n) is 8.32. The van der Waals surface area contributed by atoms with Gasteiger partial charge in [-0.3, -0.25) is 4.79 Å². The fraction of sp³-hybridized carbons (Fsp3) is 0.100. The van der Waals surface area contributed by atoms with E-state index in [0.29, 0.717) is 27.5 Å². The third-order valence-corrected chi connectivity index (χ3v) is 6.06. The molecule has 0 radical (unpaired) electrons. The highest BCUT2D eigenvalue weighted by Crippen LogP contribution is 2.34. The third kappa shape index (κ3) is 3.74. The number of carbonyl (C=O) groups is 1. The second-order valence-electron chi connectivity index (χ2n) is 5.83. The summed E-state index contributed by atoms with van der Waals surface area (Å²) in [6, 6.07) is 13.2. The van der Waals surface area contributed by atoms with Crippen molar-refractivity contribution in [1.82, 2.24) is 14.3 Å². The number of methoxy groups -OCH3 is 1. The fourth-order valence-corrected chi connectivity index (χ4v) is 4.45. The van der Waals surface area contributed by atoms with Gasteiger partial charge in [0, 0.05) is 11.1 Å². The van der Waals surface area contributed by atoms with Crippen molar-refractivity contribution in [2.45, 2.75) is 5.03 Å². The van der Waals surface area contributed by atoms with Crippen LogP contribution in [0.25, 0.3) is 21.5 Å². The average Bonchev–Trinajstić information content (AvgIpc) is 3.17. The van der Waals surface area contributed by atoms with E-state index in [4.69, 9.17) is 4.74 Å². The van der Waals surface area contributed by atoms with Crippen molar-refractivity contribution in [3.63, 3.8) is 0 Å². The summed E-state index contributed by atoms with van der Waals surface area (Å²) in [6.45, 7) is 0. The Morgan fingerprint density at radius 2 is 1.86 bits per heavy atom. The molecule has 0 aliphatic heterocycles. The summed E-state index contributed by atoms with van der Waals surface area (Å²) in [7, 11) is 1.59. The maximum absolute atomic E-state index is 13.2. The van der Waals surface area contributed by atoms with Crippen LogP contribution >= 0.6 is 23.3 Å². The van der Waals surface area contributed by atoms with Gasteiger partial charge in [-0.15, -0.1) is 0 Å². The van der Waals surface area contributed by atoms with E-state index in [1.54, 1.807) is 43.5 Å². The number of thioether (sulfide) groups is 1. The van der Waals surface area contributed by atoms with Gasteiger partial charge in [-0.05, 0) is 60.1 Å². The van der Waals surface area contributed by atoms with Crippen LogP contribution in [0.1, 0.15) is 10.4 Å². The maximum Gasteiger partial charge on any atom is 0.173 e. The number of nitrogens with zero attached hydrogens (tertiary/aromatic N) is 3. The monoisotopic (exact) mass is 411 g/mol. The first-order valence-corrected chi connectivity index (χ1v) is 10.1. The molecular formula is C20H14FN3O2S2. The molecule has 0 atom stereocenters. The van der Waals surface area contributed by atoms with E-state index in [-0.39, 0.29) is 17.4 Å². The first-order chi connectivity index (χ1) is 13.7. The van der Waals surface area contributed by atoms with Crippen LogP contribution in [-0.4, -0.2) is 33.0 Å². The summed E-state index contributed by atoms with van der Waals surface area (Å²) in [4.78, 5) is 21.1. The lowest BCUT2D eigenvalue weighted by Crippen LogP contribution is -2.02. The molecule has 0 fully saturated rings. The molecule has 5 nitrogen and oxygen atoms in total. The Balaban J connectivity index is 1.56. The summed E-state index contributed by atoms with van der Waals surface area (Å²) in [5.74, 6) is 0.663. The summed E-state index contributed by atoms with van der Waals surface area (Å²) in [6.07, 6.45) is 1.46. The Labute approximate surface area is 168 Å². The number of hydrogen-bond donors (Lipinski definition) is 0. The molecule has 140 valence electrons. The van der Waals surface area contributed by atoms with E-state index in [1.807, 2.05) is 0 Å². The number of Topliss-reactive ketones (excluding diaryl/α,β-unsaturated/α-hetero) is 1. The predicted octanol–water partition coefficient (Wildman–Crippen LogP) is 4.88. The number of carbonyl (C=O) groups excluding carboxylic acids is 1. The highest BCUT2D eigenvalue weighted by Gasteiger charge is 2.16. The zero-order chi connectivity index (χ0) is 19.5. The number of halogens is 1. The minimum absolute atomic E-state index is 0.00249. The van der Waals surface area contributed by atoms with Gasteiger partial charge >= 0.3 is 0 Å². The lowest BCUT2D eigenvalue weighted by molar-refractivity contribution is 0.102. The number of ketones is 1. The van der Waals surface area contributed by atoms with Gasteiger partial charge in [0.15, 0.2) is 5.78 Å². The molecule has 0 unspecified atom stereocenters. The summed E-state index contributed by atoms with van der Waals surface area (Å²) >= 11 is 2.63. The summed E-state index contributed by atoms with van der Waals surface area (Å²) in [5, 5.41) is 0.706. The number of hydrogen-bond acceptors (Lipinski definition) is 7. The molecule has 0 N–H and O–H groups in total. The zero-order valence-corrected chi connectivity index (χ0v) is 16.4. The lowest BCUT2D eigenvalue weighted by atomic mass is 10.1. The molecule has 0 bridgehead atoms. The predicted molar refractivity (Wildman–Crippen MR) is 109 cm³/mol. The molecule has 0 aliphatic carbocycles. The standard InChI is InChI=1S/C20H14FN3O2S2/c1-26-15-8-4-12(5-9-15)16(25)10-27-20-19-18(22-11-23-20)17(24-28-19)13-2-6-14(21)7-3-13/h2-9,11H,10H2,1H3. The molecule has 4 aromatic rings. The van der Waals surface area contributed by atoms with E-state index in [2.05, 4.69) is 14.3 Å². The molecule has 0 saturated carbocycles. The Bertz CT molecular complexity index is 1130. The molecule has 0 amide bonds. The van der Waals surface area contributed by atoms with Gasteiger partial charge in [-0.1, -0.05) is 11.8 Å². The van der Waals surface area contributed by atoms with Gasteiger partial charge in [0.05, 0.1) is 12.9 Å². The largest absolute Gasteiger partial charge is 0.497 e. The quantitative estimate of drug-likeness (QED) is 0.256. The number of fused-ring (bicyclic) bond motifs is 1. The number of ether oxygens (including phenoxy) is 1. The van der Waals surface area contributed by atoms with Crippen LogP contribution in [-0.2, 0) is 0 Å². The van der Waals surface area contributed by atoms with Crippen LogP contribution in [0.3, 0.4) is 0 Å². The molecular weight excluding hydrogens is 397 g/mol. The molecule has 4 rings (SSSR count). The van der Waals surface area contributed by atoms with Gasteiger partial charge in [0.1, 0.15) is 38.8 Å². The van der Waals surface area contributed by atoms with Crippen LogP contribution in [0.5, 0.6) is 5.75 Å². The van der Waals surface area contributed by atoms with Crippen molar-refractivity contribution < 1.29 is 13.9 Å². The van der Waals surface area contributed by atoms with E-state index in [9.17, 15) is 9.18 Å². The third-order valence-electron chi connectivity index (χ3n) is 4.09. The van der Waals surface area contributed by atoms with Crippen molar-refractivity contribution >= 4 is 39.3 Å². The Kier molecular flexibility index (Phi) is 5.31. The van der Waals surface area contributed by atoms with Gasteiger partial charge in [0.25, 0.3) is 0 Å². The average molecular weight is 411 g/mol. The molecule has 0 spiro atoms. The van der Waals surface area contributed by atoms with Gasteiger partial charge in [-0.25, -0.2) is 14.4 Å². The molecule has 2 heterocycles. The molecule has 2 aromatic heterocycles. The number of aromatic nitrogens is 3. The normalized spacial score (nSPS) is 10.9. The van der Waals surface area contributed by atoms with E-state index < -0.39 is 0 Å². The zero-order valence-electron chi connectivity index (χ0n) is 14.8.